The summed E-state index contributed by atoms with van der Waals surface area (Å²) in [6.07, 6.45) is 2.36. The second-order valence-electron chi connectivity index (χ2n) is 5.43. The number of hydrogen-bond acceptors (Lipinski definition) is 4. The lowest BCUT2D eigenvalue weighted by Crippen LogP contribution is -2.47. The van der Waals surface area contributed by atoms with Gasteiger partial charge in [-0.2, -0.15) is 0 Å². The van der Waals surface area contributed by atoms with Crippen molar-refractivity contribution in [2.75, 3.05) is 18.0 Å². The highest BCUT2D eigenvalue weighted by molar-refractivity contribution is 8.01. The first-order valence-electron chi connectivity index (χ1n) is 7.58. The van der Waals surface area contributed by atoms with E-state index in [9.17, 15) is 14.8 Å². The SMILES string of the molecule is CCC(CC)CN1C(=O)C(CN(O)C=O)Sc2ccccc21. The number of carbonyl (C=O) groups excluding carboxylic acids is 2. The molecule has 22 heavy (non-hydrogen) atoms. The third-order valence-electron chi connectivity index (χ3n) is 4.04. The van der Waals surface area contributed by atoms with Gasteiger partial charge in [0.2, 0.25) is 12.3 Å². The fourth-order valence-corrected chi connectivity index (χ4v) is 3.82. The van der Waals surface area contributed by atoms with Gasteiger partial charge in [0.05, 0.1) is 12.2 Å². The van der Waals surface area contributed by atoms with Crippen LogP contribution in [0.2, 0.25) is 0 Å². The first-order valence-corrected chi connectivity index (χ1v) is 8.46. The molecule has 0 bridgehead atoms. The molecule has 0 saturated carbocycles. The van der Waals surface area contributed by atoms with Crippen molar-refractivity contribution in [2.24, 2.45) is 5.92 Å². The van der Waals surface area contributed by atoms with Crippen molar-refractivity contribution in [1.82, 2.24) is 5.06 Å². The van der Waals surface area contributed by atoms with Gasteiger partial charge in [0.1, 0.15) is 5.25 Å². The van der Waals surface area contributed by atoms with Crippen molar-refractivity contribution >= 4 is 29.8 Å². The predicted molar refractivity (Wildman–Crippen MR) is 87.1 cm³/mol. The van der Waals surface area contributed by atoms with Gasteiger partial charge in [-0.05, 0) is 18.1 Å². The van der Waals surface area contributed by atoms with Crippen LogP contribution in [-0.2, 0) is 9.59 Å². The topological polar surface area (TPSA) is 60.9 Å². The number of carbonyl (C=O) groups is 2. The molecule has 5 nitrogen and oxygen atoms in total. The Balaban J connectivity index is 2.28. The number of para-hydroxylation sites is 1. The molecule has 0 fully saturated rings. The largest absolute Gasteiger partial charge is 0.310 e. The zero-order valence-corrected chi connectivity index (χ0v) is 13.8. The molecule has 1 aliphatic heterocycles. The summed E-state index contributed by atoms with van der Waals surface area (Å²) in [5.74, 6) is 0.397. The van der Waals surface area contributed by atoms with Crippen LogP contribution < -0.4 is 4.90 Å². The van der Waals surface area contributed by atoms with E-state index in [-0.39, 0.29) is 12.5 Å². The number of thioether (sulfide) groups is 1. The van der Waals surface area contributed by atoms with E-state index in [2.05, 4.69) is 13.8 Å². The summed E-state index contributed by atoms with van der Waals surface area (Å²) in [4.78, 5) is 26.2. The molecule has 2 rings (SSSR count). The van der Waals surface area contributed by atoms with E-state index in [4.69, 9.17) is 0 Å². The van der Waals surface area contributed by atoms with Crippen LogP contribution in [0.25, 0.3) is 0 Å². The minimum atomic E-state index is -0.473. The Morgan fingerprint density at radius 1 is 1.36 bits per heavy atom. The summed E-state index contributed by atoms with van der Waals surface area (Å²) in [6.45, 7) is 4.93. The number of rotatable bonds is 7. The molecule has 1 aromatic carbocycles. The molecular weight excluding hydrogens is 300 g/mol. The third-order valence-corrected chi connectivity index (χ3v) is 5.27. The highest BCUT2D eigenvalue weighted by atomic mass is 32.2. The summed E-state index contributed by atoms with van der Waals surface area (Å²) >= 11 is 1.40. The molecule has 0 aromatic heterocycles. The molecule has 1 atom stereocenters. The lowest BCUT2D eigenvalue weighted by atomic mass is 10.0. The van der Waals surface area contributed by atoms with Gasteiger partial charge >= 0.3 is 0 Å². The smallest absolute Gasteiger partial charge is 0.242 e. The second-order valence-corrected chi connectivity index (χ2v) is 6.68. The van der Waals surface area contributed by atoms with Gasteiger partial charge in [0, 0.05) is 11.4 Å². The van der Waals surface area contributed by atoms with E-state index in [0.717, 1.165) is 23.4 Å². The van der Waals surface area contributed by atoms with Crippen molar-refractivity contribution in [3.63, 3.8) is 0 Å². The summed E-state index contributed by atoms with van der Waals surface area (Å²) in [5, 5.41) is 9.49. The van der Waals surface area contributed by atoms with Crippen molar-refractivity contribution in [1.29, 1.82) is 0 Å². The molecule has 2 amide bonds. The van der Waals surface area contributed by atoms with Crippen molar-refractivity contribution in [3.8, 4) is 0 Å². The van der Waals surface area contributed by atoms with Gasteiger partial charge in [-0.1, -0.05) is 38.8 Å². The van der Waals surface area contributed by atoms with Gasteiger partial charge in [0.15, 0.2) is 0 Å². The third kappa shape index (κ3) is 3.62. The lowest BCUT2D eigenvalue weighted by Gasteiger charge is -2.36. The summed E-state index contributed by atoms with van der Waals surface area (Å²) in [6, 6.07) is 7.79. The monoisotopic (exact) mass is 322 g/mol. The Kier molecular flexibility index (Phi) is 5.85. The zero-order chi connectivity index (χ0) is 16.1. The van der Waals surface area contributed by atoms with Crippen LogP contribution in [0, 0.1) is 5.92 Å². The molecule has 1 N–H and O–H groups in total. The number of fused-ring (bicyclic) bond motifs is 1. The lowest BCUT2D eigenvalue weighted by molar-refractivity contribution is -0.150. The van der Waals surface area contributed by atoms with Crippen molar-refractivity contribution in [2.45, 2.75) is 36.8 Å². The standard InChI is InChI=1S/C16H22N2O3S/c1-3-12(4-2)9-18-13-7-5-6-8-14(13)22-15(16(18)20)10-17(21)11-19/h5-8,11-12,15,21H,3-4,9-10H2,1-2H3. The number of hydrogen-bond donors (Lipinski definition) is 1. The van der Waals surface area contributed by atoms with E-state index in [1.54, 1.807) is 0 Å². The number of amides is 2. The van der Waals surface area contributed by atoms with Gasteiger partial charge in [-0.15, -0.1) is 11.8 Å². The van der Waals surface area contributed by atoms with E-state index < -0.39 is 5.25 Å². The van der Waals surface area contributed by atoms with Crippen LogP contribution in [0.5, 0.6) is 0 Å². The molecule has 120 valence electrons. The molecule has 0 saturated heterocycles. The molecule has 1 heterocycles. The summed E-state index contributed by atoms with van der Waals surface area (Å²) in [5.41, 5.74) is 0.927. The van der Waals surface area contributed by atoms with Crippen LogP contribution in [0.3, 0.4) is 0 Å². The molecule has 0 spiro atoms. The number of benzene rings is 1. The molecular formula is C16H22N2O3S. The van der Waals surface area contributed by atoms with Crippen LogP contribution in [0.1, 0.15) is 26.7 Å². The molecule has 0 radical (unpaired) electrons. The minimum absolute atomic E-state index is 0.000745. The van der Waals surface area contributed by atoms with Crippen LogP contribution in [0.15, 0.2) is 29.2 Å². The summed E-state index contributed by atoms with van der Waals surface area (Å²) < 4.78 is 0. The molecule has 0 aliphatic carbocycles. The average molecular weight is 322 g/mol. The second kappa shape index (κ2) is 7.65. The van der Waals surface area contributed by atoms with Gasteiger partial charge in [0.25, 0.3) is 0 Å². The van der Waals surface area contributed by atoms with Gasteiger partial charge < -0.3 is 4.90 Å². The quantitative estimate of drug-likeness (QED) is 0.476. The fraction of sp³-hybridized carbons (Fsp3) is 0.500. The van der Waals surface area contributed by atoms with E-state index >= 15 is 0 Å². The first kappa shape index (κ1) is 16.8. The normalized spacial score (nSPS) is 17.5. The Morgan fingerprint density at radius 2 is 2.05 bits per heavy atom. The Hall–Kier alpha value is -1.53. The molecule has 1 aromatic rings. The van der Waals surface area contributed by atoms with E-state index in [1.165, 1.54) is 11.8 Å². The number of anilines is 1. The van der Waals surface area contributed by atoms with Crippen LogP contribution >= 0.6 is 11.8 Å². The first-order chi connectivity index (χ1) is 10.6. The Labute approximate surface area is 135 Å². The maximum atomic E-state index is 12.8. The average Bonchev–Trinajstić information content (AvgIpc) is 2.55. The highest BCUT2D eigenvalue weighted by Crippen LogP contribution is 2.39. The van der Waals surface area contributed by atoms with Crippen LogP contribution in [0.4, 0.5) is 5.69 Å². The van der Waals surface area contributed by atoms with Crippen molar-refractivity contribution < 1.29 is 14.8 Å². The maximum Gasteiger partial charge on any atom is 0.242 e. The highest BCUT2D eigenvalue weighted by Gasteiger charge is 2.35. The molecule has 1 aliphatic rings. The van der Waals surface area contributed by atoms with E-state index in [0.29, 0.717) is 23.9 Å². The number of hydroxylamine groups is 2. The zero-order valence-electron chi connectivity index (χ0n) is 12.9. The van der Waals surface area contributed by atoms with Crippen molar-refractivity contribution in [3.05, 3.63) is 24.3 Å². The van der Waals surface area contributed by atoms with Gasteiger partial charge in [-0.25, -0.2) is 5.06 Å². The minimum Gasteiger partial charge on any atom is -0.310 e. The Morgan fingerprint density at radius 3 is 2.68 bits per heavy atom. The molecule has 6 heteroatoms. The summed E-state index contributed by atoms with van der Waals surface area (Å²) in [7, 11) is 0. The van der Waals surface area contributed by atoms with Gasteiger partial charge in [-0.3, -0.25) is 14.8 Å². The Bertz CT molecular complexity index is 534. The predicted octanol–water partition coefficient (Wildman–Crippen LogP) is 2.78. The molecule has 1 unspecified atom stereocenters. The maximum absolute atomic E-state index is 12.8. The van der Waals surface area contributed by atoms with E-state index in [1.807, 2.05) is 29.2 Å². The number of nitrogens with zero attached hydrogens (tertiary/aromatic N) is 2. The fourth-order valence-electron chi connectivity index (χ4n) is 2.60. The van der Waals surface area contributed by atoms with Crippen LogP contribution in [-0.4, -0.2) is 40.9 Å².